The van der Waals surface area contributed by atoms with Crippen molar-refractivity contribution >= 4 is 23.0 Å². The Bertz CT molecular complexity index is 910. The van der Waals surface area contributed by atoms with E-state index < -0.39 is 16.0 Å². The molecular weight excluding hydrogens is 354 g/mol. The van der Waals surface area contributed by atoms with Gasteiger partial charge in [0, 0.05) is 24.3 Å². The first-order valence-corrected chi connectivity index (χ1v) is 8.27. The molecule has 9 nitrogen and oxygen atoms in total. The first kappa shape index (κ1) is 18.3. The molecule has 0 fully saturated rings. The van der Waals surface area contributed by atoms with Gasteiger partial charge in [-0.25, -0.2) is 0 Å². The average molecular weight is 371 g/mol. The Morgan fingerprint density at radius 1 is 1.04 bits per heavy atom. The van der Waals surface area contributed by atoms with Crippen LogP contribution >= 0.6 is 0 Å². The van der Waals surface area contributed by atoms with Crippen LogP contribution < -0.4 is 9.64 Å². The second kappa shape index (κ2) is 7.02. The lowest BCUT2D eigenvalue weighted by molar-refractivity contribution is -0.385. The third-order valence-corrected chi connectivity index (χ3v) is 4.30. The molecule has 1 aliphatic rings. The summed E-state index contributed by atoms with van der Waals surface area (Å²) >= 11 is 0. The van der Waals surface area contributed by atoms with E-state index in [9.17, 15) is 25.0 Å². The van der Waals surface area contributed by atoms with E-state index in [0.717, 1.165) is 0 Å². The number of hydrogen-bond donors (Lipinski definition) is 0. The van der Waals surface area contributed by atoms with E-state index in [-0.39, 0.29) is 29.7 Å². The van der Waals surface area contributed by atoms with Crippen molar-refractivity contribution in [3.63, 3.8) is 0 Å². The summed E-state index contributed by atoms with van der Waals surface area (Å²) in [4.78, 5) is 35.2. The number of non-ortho nitro benzene ring substituents is 2. The summed E-state index contributed by atoms with van der Waals surface area (Å²) in [5.41, 5.74) is 0.769. The molecule has 2 aromatic carbocycles. The number of rotatable bonds is 5. The minimum absolute atomic E-state index is 0.0526. The lowest BCUT2D eigenvalue weighted by Gasteiger charge is -2.35. The molecule has 0 saturated heterocycles. The number of fused-ring (bicyclic) bond motifs is 1. The van der Waals surface area contributed by atoms with Gasteiger partial charge in [0.15, 0.2) is 6.10 Å². The standard InChI is InChI=1S/C18H17N3O6/c1-11(2)17-18(22)19(10-12-3-5-13(6-4-12)20(23)24)15-9-14(21(25)26)7-8-16(15)27-17/h3-9,11,17H,10H2,1-2H3. The molecule has 1 atom stereocenters. The Hall–Kier alpha value is -3.49. The maximum atomic E-state index is 12.9. The van der Waals surface area contributed by atoms with Gasteiger partial charge in [0.05, 0.1) is 22.1 Å². The summed E-state index contributed by atoms with van der Waals surface area (Å²) in [5, 5.41) is 21.9. The molecule has 27 heavy (non-hydrogen) atoms. The van der Waals surface area contributed by atoms with Crippen molar-refractivity contribution in [2.24, 2.45) is 5.92 Å². The van der Waals surface area contributed by atoms with E-state index in [1.54, 1.807) is 12.1 Å². The first-order valence-electron chi connectivity index (χ1n) is 8.27. The minimum atomic E-state index is -0.711. The summed E-state index contributed by atoms with van der Waals surface area (Å²) in [6, 6.07) is 9.94. The molecule has 2 aromatic rings. The number of ether oxygens (including phenoxy) is 1. The van der Waals surface area contributed by atoms with Crippen molar-refractivity contribution in [1.29, 1.82) is 0 Å². The molecule has 140 valence electrons. The zero-order chi connectivity index (χ0) is 19.7. The van der Waals surface area contributed by atoms with Crippen LogP contribution in [0.5, 0.6) is 5.75 Å². The van der Waals surface area contributed by atoms with E-state index >= 15 is 0 Å². The summed E-state index contributed by atoms with van der Waals surface area (Å²) in [6.45, 7) is 3.82. The number of anilines is 1. The van der Waals surface area contributed by atoms with Crippen LogP contribution in [0.1, 0.15) is 19.4 Å². The highest BCUT2D eigenvalue weighted by Gasteiger charge is 2.37. The first-order chi connectivity index (χ1) is 12.8. The molecule has 0 spiro atoms. The van der Waals surface area contributed by atoms with Gasteiger partial charge < -0.3 is 9.64 Å². The second-order valence-electron chi connectivity index (χ2n) is 6.54. The Morgan fingerprint density at radius 2 is 1.63 bits per heavy atom. The van der Waals surface area contributed by atoms with E-state index in [1.165, 1.54) is 35.2 Å². The van der Waals surface area contributed by atoms with Gasteiger partial charge in [0.25, 0.3) is 17.3 Å². The fraction of sp³-hybridized carbons (Fsp3) is 0.278. The van der Waals surface area contributed by atoms with Crippen LogP contribution in [0.15, 0.2) is 42.5 Å². The topological polar surface area (TPSA) is 116 Å². The minimum Gasteiger partial charge on any atom is -0.478 e. The van der Waals surface area contributed by atoms with Gasteiger partial charge in [0.1, 0.15) is 5.75 Å². The fourth-order valence-electron chi connectivity index (χ4n) is 2.88. The Morgan fingerprint density at radius 3 is 2.19 bits per heavy atom. The van der Waals surface area contributed by atoms with Crippen molar-refractivity contribution in [3.05, 3.63) is 68.3 Å². The predicted octanol–water partition coefficient (Wildman–Crippen LogP) is 3.45. The fourth-order valence-corrected chi connectivity index (χ4v) is 2.88. The van der Waals surface area contributed by atoms with Crippen LogP contribution in [0.4, 0.5) is 17.1 Å². The number of carbonyl (C=O) groups excluding carboxylic acids is 1. The lowest BCUT2D eigenvalue weighted by atomic mass is 10.0. The maximum absolute atomic E-state index is 12.9. The summed E-state index contributed by atoms with van der Waals surface area (Å²) in [5.74, 6) is -0.0163. The number of amides is 1. The van der Waals surface area contributed by atoms with Gasteiger partial charge in [-0.15, -0.1) is 0 Å². The van der Waals surface area contributed by atoms with Gasteiger partial charge in [-0.3, -0.25) is 25.0 Å². The smallest absolute Gasteiger partial charge is 0.271 e. The van der Waals surface area contributed by atoms with Gasteiger partial charge in [-0.2, -0.15) is 0 Å². The third-order valence-electron chi connectivity index (χ3n) is 4.30. The largest absolute Gasteiger partial charge is 0.478 e. The van der Waals surface area contributed by atoms with Crippen LogP contribution in [0.2, 0.25) is 0 Å². The highest BCUT2D eigenvalue weighted by molar-refractivity contribution is 6.00. The highest BCUT2D eigenvalue weighted by Crippen LogP contribution is 2.39. The number of nitro groups is 2. The molecule has 0 N–H and O–H groups in total. The van der Waals surface area contributed by atoms with Gasteiger partial charge in [-0.05, 0) is 17.5 Å². The summed E-state index contributed by atoms with van der Waals surface area (Å²) < 4.78 is 5.76. The SMILES string of the molecule is CC(C)C1Oc2ccc([N+](=O)[O-])cc2N(Cc2ccc([N+](=O)[O-])cc2)C1=O. The van der Waals surface area contributed by atoms with Gasteiger partial charge in [-0.1, -0.05) is 26.0 Å². The quantitative estimate of drug-likeness (QED) is 0.587. The molecule has 1 unspecified atom stereocenters. The van der Waals surface area contributed by atoms with Crippen LogP contribution in [0.25, 0.3) is 0 Å². The van der Waals surface area contributed by atoms with Gasteiger partial charge >= 0.3 is 0 Å². The van der Waals surface area contributed by atoms with Crippen LogP contribution in [-0.4, -0.2) is 21.9 Å². The van der Waals surface area contributed by atoms with E-state index in [2.05, 4.69) is 0 Å². The lowest BCUT2D eigenvalue weighted by Crippen LogP contribution is -2.48. The van der Waals surface area contributed by atoms with Crippen molar-refractivity contribution in [3.8, 4) is 5.75 Å². The van der Waals surface area contributed by atoms with E-state index in [0.29, 0.717) is 17.0 Å². The average Bonchev–Trinajstić information content (AvgIpc) is 2.63. The monoisotopic (exact) mass is 371 g/mol. The number of benzene rings is 2. The second-order valence-corrected chi connectivity index (χ2v) is 6.54. The number of hydrogen-bond acceptors (Lipinski definition) is 6. The molecule has 1 amide bonds. The van der Waals surface area contributed by atoms with Crippen LogP contribution in [0.3, 0.4) is 0 Å². The Kier molecular flexibility index (Phi) is 4.76. The van der Waals surface area contributed by atoms with Crippen molar-refractivity contribution in [2.75, 3.05) is 4.90 Å². The predicted molar refractivity (Wildman–Crippen MR) is 96.6 cm³/mol. The van der Waals surface area contributed by atoms with Crippen molar-refractivity contribution in [1.82, 2.24) is 0 Å². The summed E-state index contributed by atoms with van der Waals surface area (Å²) in [6.07, 6.45) is -0.711. The van der Waals surface area contributed by atoms with Gasteiger partial charge in [0.2, 0.25) is 0 Å². The molecule has 0 aliphatic carbocycles. The number of carbonyl (C=O) groups is 1. The van der Waals surface area contributed by atoms with Crippen LogP contribution in [0, 0.1) is 26.1 Å². The van der Waals surface area contributed by atoms with E-state index in [1.807, 2.05) is 13.8 Å². The van der Waals surface area contributed by atoms with Crippen molar-refractivity contribution < 1.29 is 19.4 Å². The molecule has 0 radical (unpaired) electrons. The molecule has 1 aliphatic heterocycles. The molecule has 9 heteroatoms. The highest BCUT2D eigenvalue weighted by atomic mass is 16.6. The number of nitro benzene ring substituents is 2. The number of nitrogens with zero attached hydrogens (tertiary/aromatic N) is 3. The van der Waals surface area contributed by atoms with Crippen molar-refractivity contribution in [2.45, 2.75) is 26.5 Å². The molecular formula is C18H17N3O6. The molecule has 1 heterocycles. The maximum Gasteiger partial charge on any atom is 0.271 e. The third kappa shape index (κ3) is 3.57. The normalized spacial score (nSPS) is 16.0. The molecule has 0 bridgehead atoms. The van der Waals surface area contributed by atoms with E-state index in [4.69, 9.17) is 4.74 Å². The Labute approximate surface area is 154 Å². The zero-order valence-corrected chi connectivity index (χ0v) is 14.7. The molecule has 3 rings (SSSR count). The molecule has 0 aromatic heterocycles. The Balaban J connectivity index is 2.00. The summed E-state index contributed by atoms with van der Waals surface area (Å²) in [7, 11) is 0. The van der Waals surface area contributed by atoms with Crippen LogP contribution in [-0.2, 0) is 11.3 Å². The molecule has 0 saturated carbocycles. The zero-order valence-electron chi connectivity index (χ0n) is 14.7.